The summed E-state index contributed by atoms with van der Waals surface area (Å²) in [5.41, 5.74) is -0.583. The highest BCUT2D eigenvalue weighted by Gasteiger charge is 2.33. The molecule has 1 aromatic rings. The molecule has 0 spiro atoms. The minimum absolute atomic E-state index is 0.583. The number of hydrogen-bond acceptors (Lipinski definition) is 4. The minimum Gasteiger partial charge on any atom is -0.465 e. The number of likely N-dealkylation sites (tertiary alicyclic amines) is 1. The molecule has 0 aromatic carbocycles. The highest BCUT2D eigenvalue weighted by molar-refractivity contribution is 5.07. The molecule has 1 atom stereocenters. The quantitative estimate of drug-likeness (QED) is 0.866. The van der Waals surface area contributed by atoms with Crippen LogP contribution >= 0.6 is 0 Å². The van der Waals surface area contributed by atoms with Gasteiger partial charge in [0.15, 0.2) is 0 Å². The summed E-state index contributed by atoms with van der Waals surface area (Å²) in [6, 6.07) is 4.15. The Morgan fingerprint density at radius 3 is 2.80 bits per heavy atom. The first-order chi connectivity index (χ1) is 9.50. The molecule has 0 saturated carbocycles. The number of nitrogens with zero attached hydrogens (tertiary/aromatic N) is 2. The predicted molar refractivity (Wildman–Crippen MR) is 80.7 cm³/mol. The molecule has 1 aliphatic heterocycles. The fraction of sp³-hybridized carbons (Fsp3) is 0.750. The molecule has 1 N–H and O–H groups in total. The van der Waals surface area contributed by atoms with Gasteiger partial charge in [0.2, 0.25) is 0 Å². The molecule has 1 saturated heterocycles. The zero-order chi connectivity index (χ0) is 14.6. The van der Waals surface area contributed by atoms with Crippen LogP contribution in [0.15, 0.2) is 16.5 Å². The van der Waals surface area contributed by atoms with Gasteiger partial charge in [0.1, 0.15) is 11.5 Å². The summed E-state index contributed by atoms with van der Waals surface area (Å²) in [7, 11) is 4.03. The second kappa shape index (κ2) is 6.74. The fourth-order valence-electron chi connectivity index (χ4n) is 3.17. The van der Waals surface area contributed by atoms with Gasteiger partial charge in [-0.3, -0.25) is 4.90 Å². The number of aliphatic hydroxyl groups is 1. The summed E-state index contributed by atoms with van der Waals surface area (Å²) in [4.78, 5) is 4.37. The Balaban J connectivity index is 1.91. The lowest BCUT2D eigenvalue weighted by Crippen LogP contribution is -2.52. The first-order valence-electron chi connectivity index (χ1n) is 7.68. The van der Waals surface area contributed by atoms with E-state index in [-0.39, 0.29) is 0 Å². The van der Waals surface area contributed by atoms with Gasteiger partial charge in [-0.15, -0.1) is 0 Å². The van der Waals surface area contributed by atoms with Crippen molar-refractivity contribution in [2.75, 3.05) is 33.7 Å². The predicted octanol–water partition coefficient (Wildman–Crippen LogP) is 2.12. The van der Waals surface area contributed by atoms with Crippen LogP contribution in [0.1, 0.15) is 37.7 Å². The van der Waals surface area contributed by atoms with Crippen molar-refractivity contribution in [1.82, 2.24) is 9.80 Å². The molecule has 2 heterocycles. The number of furan rings is 1. The third-order valence-corrected chi connectivity index (χ3v) is 3.84. The van der Waals surface area contributed by atoms with Gasteiger partial charge in [0.25, 0.3) is 0 Å². The van der Waals surface area contributed by atoms with Gasteiger partial charge in [-0.2, -0.15) is 0 Å². The van der Waals surface area contributed by atoms with Crippen molar-refractivity contribution in [3.8, 4) is 0 Å². The topological polar surface area (TPSA) is 39.9 Å². The van der Waals surface area contributed by atoms with E-state index in [1.54, 1.807) is 0 Å². The second-order valence-electron chi connectivity index (χ2n) is 6.39. The van der Waals surface area contributed by atoms with Gasteiger partial charge in [-0.1, -0.05) is 6.92 Å². The van der Waals surface area contributed by atoms with Crippen molar-refractivity contribution >= 4 is 0 Å². The van der Waals surface area contributed by atoms with Gasteiger partial charge >= 0.3 is 0 Å². The van der Waals surface area contributed by atoms with Crippen molar-refractivity contribution in [2.24, 2.45) is 0 Å². The minimum atomic E-state index is -0.583. The van der Waals surface area contributed by atoms with Gasteiger partial charge in [-0.25, -0.2) is 0 Å². The molecular weight excluding hydrogens is 252 g/mol. The summed E-state index contributed by atoms with van der Waals surface area (Å²) < 4.78 is 5.84. The molecule has 20 heavy (non-hydrogen) atoms. The highest BCUT2D eigenvalue weighted by atomic mass is 16.3. The Morgan fingerprint density at radius 2 is 2.10 bits per heavy atom. The standard InChI is InChI=1S/C16H28N2O2/c1-4-6-14-7-8-15(20-14)11-18-10-5-9-16(19,13-18)12-17(2)3/h7-8,19H,4-6,9-13H2,1-3H3. The average molecular weight is 280 g/mol. The van der Waals surface area contributed by atoms with Crippen LogP contribution in [0.4, 0.5) is 0 Å². The zero-order valence-corrected chi connectivity index (χ0v) is 13.1. The van der Waals surface area contributed by atoms with Crippen molar-refractivity contribution in [3.05, 3.63) is 23.7 Å². The first-order valence-corrected chi connectivity index (χ1v) is 7.68. The highest BCUT2D eigenvalue weighted by Crippen LogP contribution is 2.23. The third kappa shape index (κ3) is 4.33. The maximum atomic E-state index is 10.7. The number of aryl methyl sites for hydroxylation is 1. The van der Waals surface area contributed by atoms with Crippen LogP contribution in [0.2, 0.25) is 0 Å². The number of rotatable bonds is 6. The molecule has 0 radical (unpaired) electrons. The molecule has 1 fully saturated rings. The lowest BCUT2D eigenvalue weighted by molar-refractivity contribution is -0.0493. The monoisotopic (exact) mass is 280 g/mol. The molecule has 0 amide bonds. The fourth-order valence-corrected chi connectivity index (χ4v) is 3.17. The Kier molecular flexibility index (Phi) is 5.24. The molecule has 114 valence electrons. The molecule has 1 aromatic heterocycles. The Morgan fingerprint density at radius 1 is 1.35 bits per heavy atom. The molecule has 2 rings (SSSR count). The summed E-state index contributed by atoms with van der Waals surface area (Å²) in [6.45, 7) is 5.46. The SMILES string of the molecule is CCCc1ccc(CN2CCCC(O)(CN(C)C)C2)o1. The lowest BCUT2D eigenvalue weighted by atomic mass is 9.92. The van der Waals surface area contributed by atoms with Gasteiger partial charge in [0.05, 0.1) is 12.1 Å². The van der Waals surface area contributed by atoms with Crippen LogP contribution in [-0.4, -0.2) is 54.2 Å². The molecule has 4 heteroatoms. The van der Waals surface area contributed by atoms with Crippen LogP contribution < -0.4 is 0 Å². The van der Waals surface area contributed by atoms with E-state index in [1.807, 2.05) is 14.1 Å². The summed E-state index contributed by atoms with van der Waals surface area (Å²) in [6.07, 6.45) is 4.05. The maximum absolute atomic E-state index is 10.7. The smallest absolute Gasteiger partial charge is 0.118 e. The number of β-amino-alcohol motifs (C(OH)–C–C–N with tert-alkyl or cyclic N) is 1. The van der Waals surface area contributed by atoms with E-state index in [0.29, 0.717) is 0 Å². The summed E-state index contributed by atoms with van der Waals surface area (Å²) in [5.74, 6) is 2.09. The number of piperidine rings is 1. The second-order valence-corrected chi connectivity index (χ2v) is 6.39. The van der Waals surface area contributed by atoms with Crippen molar-refractivity contribution in [3.63, 3.8) is 0 Å². The van der Waals surface area contributed by atoms with E-state index in [4.69, 9.17) is 4.42 Å². The molecule has 1 aliphatic rings. The number of hydrogen-bond donors (Lipinski definition) is 1. The van der Waals surface area contributed by atoms with Crippen molar-refractivity contribution in [2.45, 2.75) is 44.8 Å². The van der Waals surface area contributed by atoms with Crippen LogP contribution in [0.3, 0.4) is 0 Å². The van der Waals surface area contributed by atoms with E-state index in [2.05, 4.69) is 28.9 Å². The van der Waals surface area contributed by atoms with Crippen molar-refractivity contribution < 1.29 is 9.52 Å². The molecule has 1 unspecified atom stereocenters. The lowest BCUT2D eigenvalue weighted by Gasteiger charge is -2.40. The van der Waals surface area contributed by atoms with Gasteiger partial charge < -0.3 is 14.4 Å². The summed E-state index contributed by atoms with van der Waals surface area (Å²) >= 11 is 0. The van der Waals surface area contributed by atoms with E-state index in [0.717, 1.165) is 63.4 Å². The third-order valence-electron chi connectivity index (χ3n) is 3.84. The van der Waals surface area contributed by atoms with Gasteiger partial charge in [-0.05, 0) is 52.0 Å². The average Bonchev–Trinajstić information content (AvgIpc) is 2.75. The van der Waals surface area contributed by atoms with Crippen LogP contribution in [0.25, 0.3) is 0 Å². The number of likely N-dealkylation sites (N-methyl/N-ethyl adjacent to an activating group) is 1. The van der Waals surface area contributed by atoms with Gasteiger partial charge in [0, 0.05) is 19.5 Å². The summed E-state index contributed by atoms with van der Waals surface area (Å²) in [5, 5.41) is 10.7. The molecular formula is C16H28N2O2. The first kappa shape index (κ1) is 15.5. The van der Waals surface area contributed by atoms with Crippen LogP contribution in [0, 0.1) is 0 Å². The largest absolute Gasteiger partial charge is 0.465 e. The molecule has 0 bridgehead atoms. The van der Waals surface area contributed by atoms with Crippen LogP contribution in [-0.2, 0) is 13.0 Å². The Bertz CT molecular complexity index is 416. The normalized spacial score (nSPS) is 24.4. The van der Waals surface area contributed by atoms with E-state index in [9.17, 15) is 5.11 Å². The molecule has 4 nitrogen and oxygen atoms in total. The molecule has 0 aliphatic carbocycles. The maximum Gasteiger partial charge on any atom is 0.118 e. The van der Waals surface area contributed by atoms with Crippen molar-refractivity contribution in [1.29, 1.82) is 0 Å². The van der Waals surface area contributed by atoms with E-state index < -0.39 is 5.60 Å². The zero-order valence-electron chi connectivity index (χ0n) is 13.1. The Hall–Kier alpha value is -0.840. The van der Waals surface area contributed by atoms with Crippen LogP contribution in [0.5, 0.6) is 0 Å². The van der Waals surface area contributed by atoms with E-state index in [1.165, 1.54) is 0 Å². The Labute approximate surface area is 122 Å². The van der Waals surface area contributed by atoms with E-state index >= 15 is 0 Å².